The molecule has 1 unspecified atom stereocenters. The number of amides is 3. The van der Waals surface area contributed by atoms with Crippen LogP contribution in [0.25, 0.3) is 0 Å². The van der Waals surface area contributed by atoms with Crippen molar-refractivity contribution in [2.75, 3.05) is 5.32 Å². The summed E-state index contributed by atoms with van der Waals surface area (Å²) < 4.78 is 5.32. The van der Waals surface area contributed by atoms with Crippen LogP contribution in [0.4, 0.5) is 10.5 Å². The summed E-state index contributed by atoms with van der Waals surface area (Å²) in [5.41, 5.74) is 3.33. The van der Waals surface area contributed by atoms with E-state index in [0.717, 1.165) is 29.5 Å². The smallest absolute Gasteiger partial charge is 0.408 e. The lowest BCUT2D eigenvalue weighted by Gasteiger charge is -2.19. The van der Waals surface area contributed by atoms with Crippen LogP contribution in [0, 0.1) is 5.92 Å². The van der Waals surface area contributed by atoms with E-state index in [1.54, 1.807) is 0 Å². The van der Waals surface area contributed by atoms with Gasteiger partial charge in [0.1, 0.15) is 12.6 Å². The summed E-state index contributed by atoms with van der Waals surface area (Å²) in [7, 11) is 0. The van der Waals surface area contributed by atoms with Crippen LogP contribution in [-0.2, 0) is 33.9 Å². The Morgan fingerprint density at radius 2 is 1.49 bits per heavy atom. The number of alkyl carbamates (subject to hydrolysis) is 1. The molecule has 7 nitrogen and oxygen atoms in total. The third-order valence-corrected chi connectivity index (χ3v) is 5.71. The van der Waals surface area contributed by atoms with Crippen LogP contribution in [-0.4, -0.2) is 23.9 Å². The van der Waals surface area contributed by atoms with Crippen molar-refractivity contribution in [1.29, 1.82) is 0 Å². The Bertz CT molecular complexity index is 1150. The van der Waals surface area contributed by atoms with Gasteiger partial charge in [-0.25, -0.2) is 4.79 Å². The zero-order valence-electron chi connectivity index (χ0n) is 19.4. The molecule has 180 valence electrons. The first kappa shape index (κ1) is 24.0. The number of nitrogens with one attached hydrogen (secondary N) is 3. The highest BCUT2D eigenvalue weighted by Gasteiger charge is 2.29. The Labute approximate surface area is 204 Å². The molecule has 3 N–H and O–H groups in total. The highest BCUT2D eigenvalue weighted by molar-refractivity contribution is 5.94. The third-order valence-electron chi connectivity index (χ3n) is 5.71. The summed E-state index contributed by atoms with van der Waals surface area (Å²) in [6.07, 6.45) is 1.54. The third kappa shape index (κ3) is 7.71. The first-order valence-electron chi connectivity index (χ1n) is 11.8. The molecule has 1 aliphatic rings. The molecule has 0 aromatic heterocycles. The topological polar surface area (TPSA) is 96.5 Å². The second kappa shape index (κ2) is 11.8. The van der Waals surface area contributed by atoms with Gasteiger partial charge < -0.3 is 20.7 Å². The van der Waals surface area contributed by atoms with Gasteiger partial charge in [0.25, 0.3) is 0 Å². The van der Waals surface area contributed by atoms with Crippen molar-refractivity contribution in [3.8, 4) is 0 Å². The summed E-state index contributed by atoms with van der Waals surface area (Å²) >= 11 is 0. The zero-order valence-corrected chi connectivity index (χ0v) is 19.4. The maximum Gasteiger partial charge on any atom is 0.408 e. The van der Waals surface area contributed by atoms with Crippen molar-refractivity contribution in [2.45, 2.75) is 38.5 Å². The minimum atomic E-state index is -0.807. The van der Waals surface area contributed by atoms with Crippen LogP contribution in [0.1, 0.15) is 29.5 Å². The molecule has 3 aromatic rings. The van der Waals surface area contributed by atoms with Gasteiger partial charge in [-0.3, -0.25) is 9.59 Å². The lowest BCUT2D eigenvalue weighted by molar-refractivity contribution is -0.123. The second-order valence-corrected chi connectivity index (χ2v) is 8.63. The van der Waals surface area contributed by atoms with E-state index >= 15 is 0 Å². The summed E-state index contributed by atoms with van der Waals surface area (Å²) in [5, 5.41) is 8.51. The zero-order chi connectivity index (χ0) is 24.5. The minimum absolute atomic E-state index is 0.0346. The molecular weight excluding hydrogens is 442 g/mol. The number of rotatable bonds is 10. The molecular formula is C28H29N3O4. The molecule has 3 aromatic carbocycles. The number of anilines is 1. The lowest BCUT2D eigenvalue weighted by atomic mass is 10.1. The monoisotopic (exact) mass is 471 g/mol. The number of carbonyl (C=O) groups excluding carboxylic acids is 3. The molecule has 1 atom stereocenters. The van der Waals surface area contributed by atoms with Gasteiger partial charge in [-0.05, 0) is 41.7 Å². The molecule has 0 bridgehead atoms. The maximum atomic E-state index is 13.0. The largest absolute Gasteiger partial charge is 0.445 e. The molecule has 0 radical (unpaired) electrons. The van der Waals surface area contributed by atoms with Crippen LogP contribution < -0.4 is 16.0 Å². The van der Waals surface area contributed by atoms with Crippen molar-refractivity contribution < 1.29 is 19.1 Å². The maximum absolute atomic E-state index is 13.0. The number of benzene rings is 3. The summed E-state index contributed by atoms with van der Waals surface area (Å²) in [4.78, 5) is 37.5. The van der Waals surface area contributed by atoms with E-state index in [2.05, 4.69) is 16.0 Å². The SMILES string of the molecule is O=C(NC(Cc1ccccc1)C(=O)NCc1cccc(NC(=O)C2CC2)c1)OCc1ccccc1. The van der Waals surface area contributed by atoms with E-state index in [9.17, 15) is 14.4 Å². The molecule has 7 heteroatoms. The van der Waals surface area contributed by atoms with E-state index in [0.29, 0.717) is 12.1 Å². The number of carbonyl (C=O) groups is 3. The van der Waals surface area contributed by atoms with E-state index in [1.165, 1.54) is 0 Å². The van der Waals surface area contributed by atoms with Gasteiger partial charge in [0.15, 0.2) is 0 Å². The second-order valence-electron chi connectivity index (χ2n) is 8.63. The van der Waals surface area contributed by atoms with E-state index in [-0.39, 0.29) is 30.9 Å². The first-order chi connectivity index (χ1) is 17.1. The van der Waals surface area contributed by atoms with Gasteiger partial charge in [-0.1, -0.05) is 72.8 Å². The van der Waals surface area contributed by atoms with Crippen molar-refractivity contribution in [3.05, 3.63) is 102 Å². The van der Waals surface area contributed by atoms with Crippen LogP contribution >= 0.6 is 0 Å². The summed E-state index contributed by atoms with van der Waals surface area (Å²) in [5.74, 6) is -0.171. The Kier molecular flexibility index (Phi) is 8.12. The van der Waals surface area contributed by atoms with Crippen molar-refractivity contribution in [1.82, 2.24) is 10.6 Å². The van der Waals surface area contributed by atoms with Crippen molar-refractivity contribution in [2.24, 2.45) is 5.92 Å². The van der Waals surface area contributed by atoms with Crippen LogP contribution in [0.2, 0.25) is 0 Å². The fourth-order valence-corrected chi connectivity index (χ4v) is 3.63. The van der Waals surface area contributed by atoms with Gasteiger partial charge in [0.05, 0.1) is 0 Å². The fourth-order valence-electron chi connectivity index (χ4n) is 3.63. The van der Waals surface area contributed by atoms with E-state index in [1.807, 2.05) is 84.9 Å². The Morgan fingerprint density at radius 1 is 0.829 bits per heavy atom. The number of hydrogen-bond acceptors (Lipinski definition) is 4. The number of hydrogen-bond donors (Lipinski definition) is 3. The van der Waals surface area contributed by atoms with E-state index < -0.39 is 12.1 Å². The molecule has 1 saturated carbocycles. The fraction of sp³-hybridized carbons (Fsp3) is 0.250. The van der Waals surface area contributed by atoms with Crippen molar-refractivity contribution in [3.63, 3.8) is 0 Å². The Hall–Kier alpha value is -4.13. The summed E-state index contributed by atoms with van der Waals surface area (Å²) in [6.45, 7) is 0.379. The normalized spacial score (nSPS) is 13.4. The first-order valence-corrected chi connectivity index (χ1v) is 11.8. The predicted molar refractivity (Wildman–Crippen MR) is 133 cm³/mol. The predicted octanol–water partition coefficient (Wildman–Crippen LogP) is 4.19. The molecule has 0 saturated heterocycles. The molecule has 1 fully saturated rings. The summed E-state index contributed by atoms with van der Waals surface area (Å²) in [6, 6.07) is 25.4. The van der Waals surface area contributed by atoms with Gasteiger partial charge in [-0.2, -0.15) is 0 Å². The quantitative estimate of drug-likeness (QED) is 0.413. The van der Waals surface area contributed by atoms with Crippen LogP contribution in [0.15, 0.2) is 84.9 Å². The highest BCUT2D eigenvalue weighted by atomic mass is 16.5. The molecule has 1 aliphatic carbocycles. The molecule has 4 rings (SSSR count). The van der Waals surface area contributed by atoms with Crippen LogP contribution in [0.5, 0.6) is 0 Å². The van der Waals surface area contributed by atoms with E-state index in [4.69, 9.17) is 4.74 Å². The van der Waals surface area contributed by atoms with Gasteiger partial charge >= 0.3 is 6.09 Å². The lowest BCUT2D eigenvalue weighted by Crippen LogP contribution is -2.48. The van der Waals surface area contributed by atoms with Crippen LogP contribution in [0.3, 0.4) is 0 Å². The molecule has 0 spiro atoms. The van der Waals surface area contributed by atoms with Gasteiger partial charge in [0.2, 0.25) is 11.8 Å². The Morgan fingerprint density at radius 3 is 2.17 bits per heavy atom. The molecule has 3 amide bonds. The molecule has 0 heterocycles. The minimum Gasteiger partial charge on any atom is -0.445 e. The molecule has 0 aliphatic heterocycles. The molecule has 35 heavy (non-hydrogen) atoms. The average molecular weight is 472 g/mol. The van der Waals surface area contributed by atoms with Crippen molar-refractivity contribution >= 4 is 23.6 Å². The number of ether oxygens (including phenoxy) is 1. The van der Waals surface area contributed by atoms with Gasteiger partial charge in [0, 0.05) is 24.6 Å². The average Bonchev–Trinajstić information content (AvgIpc) is 3.73. The Balaban J connectivity index is 1.35. The highest BCUT2D eigenvalue weighted by Crippen LogP contribution is 2.30. The van der Waals surface area contributed by atoms with Gasteiger partial charge in [-0.15, -0.1) is 0 Å². The standard InChI is InChI=1S/C28H29N3O4/c32-26(23-14-15-23)30-24-13-7-12-22(16-24)18-29-27(33)25(17-20-8-3-1-4-9-20)31-28(34)35-19-21-10-5-2-6-11-21/h1-13,16,23,25H,14-15,17-19H2,(H,29,33)(H,30,32)(H,31,34).